The van der Waals surface area contributed by atoms with E-state index in [0.29, 0.717) is 0 Å². The topological polar surface area (TPSA) is 59.8 Å². The summed E-state index contributed by atoms with van der Waals surface area (Å²) in [7, 11) is 0. The first-order chi connectivity index (χ1) is 9.40. The van der Waals surface area contributed by atoms with Gasteiger partial charge >= 0.3 is 6.18 Å². The van der Waals surface area contributed by atoms with Crippen molar-refractivity contribution in [1.29, 1.82) is 0 Å². The van der Waals surface area contributed by atoms with Crippen LogP contribution in [0, 0.1) is 0 Å². The number of benzene rings is 1. The van der Waals surface area contributed by atoms with Crippen molar-refractivity contribution in [2.75, 3.05) is 11.2 Å². The molecule has 0 unspecified atom stereocenters. The Morgan fingerprint density at radius 1 is 1.35 bits per heavy atom. The molecule has 0 aliphatic heterocycles. The normalized spacial score (nSPS) is 11.4. The summed E-state index contributed by atoms with van der Waals surface area (Å²) in [5.74, 6) is -0.954. The van der Waals surface area contributed by atoms with E-state index in [4.69, 9.17) is 11.6 Å². The maximum atomic E-state index is 12.8. The molecule has 0 atom stereocenters. The highest BCUT2D eigenvalue weighted by Gasteiger charge is 2.31. The Balaban J connectivity index is 2.47. The highest BCUT2D eigenvalue weighted by atomic mass is 35.5. The summed E-state index contributed by atoms with van der Waals surface area (Å²) in [5.41, 5.74) is -0.798. The Hall–Kier alpha value is -2.09. The molecule has 0 aliphatic rings. The zero-order valence-electron chi connectivity index (χ0n) is 9.86. The van der Waals surface area contributed by atoms with Gasteiger partial charge in [0.2, 0.25) is 5.91 Å². The van der Waals surface area contributed by atoms with Gasteiger partial charge in [0, 0.05) is 5.69 Å². The number of anilines is 1. The fourth-order valence-corrected chi connectivity index (χ4v) is 1.58. The van der Waals surface area contributed by atoms with Gasteiger partial charge in [-0.2, -0.15) is 18.3 Å². The minimum absolute atomic E-state index is 0.0176. The molecule has 9 heteroatoms. The number of rotatable bonds is 3. The lowest BCUT2D eigenvalue weighted by Gasteiger charge is -2.12. The Bertz CT molecular complexity index is 613. The first-order valence-corrected chi connectivity index (χ1v) is 5.86. The number of halogens is 4. The minimum atomic E-state index is -4.54. The van der Waals surface area contributed by atoms with Crippen molar-refractivity contribution in [3.63, 3.8) is 0 Å². The Kier molecular flexibility index (Phi) is 3.93. The summed E-state index contributed by atoms with van der Waals surface area (Å²) in [4.78, 5) is 14.8. The number of nitrogens with one attached hydrogen (secondary N) is 1. The third-order valence-corrected chi connectivity index (χ3v) is 2.58. The number of carbonyl (C=O) groups excluding carboxylic acids is 1. The van der Waals surface area contributed by atoms with Crippen LogP contribution in [0.3, 0.4) is 0 Å². The van der Waals surface area contributed by atoms with Gasteiger partial charge in [-0.05, 0) is 18.2 Å². The van der Waals surface area contributed by atoms with Crippen LogP contribution in [0.1, 0.15) is 5.56 Å². The van der Waals surface area contributed by atoms with E-state index < -0.39 is 17.6 Å². The lowest BCUT2D eigenvalue weighted by Crippen LogP contribution is -2.14. The van der Waals surface area contributed by atoms with Crippen molar-refractivity contribution >= 4 is 23.2 Å². The van der Waals surface area contributed by atoms with Gasteiger partial charge in [-0.25, -0.2) is 9.67 Å². The van der Waals surface area contributed by atoms with Gasteiger partial charge in [-0.1, -0.05) is 0 Å². The van der Waals surface area contributed by atoms with Gasteiger partial charge in [0.25, 0.3) is 0 Å². The second-order valence-corrected chi connectivity index (χ2v) is 4.06. The molecule has 2 rings (SSSR count). The van der Waals surface area contributed by atoms with Crippen LogP contribution in [0.5, 0.6) is 0 Å². The van der Waals surface area contributed by atoms with Crippen LogP contribution in [-0.2, 0) is 11.0 Å². The zero-order valence-corrected chi connectivity index (χ0v) is 10.6. The van der Waals surface area contributed by atoms with Crippen molar-refractivity contribution in [3.05, 3.63) is 36.4 Å². The molecule has 0 spiro atoms. The summed E-state index contributed by atoms with van der Waals surface area (Å²) < 4.78 is 39.6. The van der Waals surface area contributed by atoms with E-state index in [1.54, 1.807) is 0 Å². The lowest BCUT2D eigenvalue weighted by molar-refractivity contribution is -0.137. The zero-order chi connectivity index (χ0) is 14.8. The molecule has 1 N–H and O–H groups in total. The largest absolute Gasteiger partial charge is 0.416 e. The van der Waals surface area contributed by atoms with E-state index in [1.807, 2.05) is 0 Å². The molecule has 106 valence electrons. The second kappa shape index (κ2) is 5.49. The number of alkyl halides is 4. The van der Waals surface area contributed by atoms with Crippen molar-refractivity contribution in [2.24, 2.45) is 0 Å². The molecule has 1 aromatic carbocycles. The fraction of sp³-hybridized carbons (Fsp3) is 0.182. The molecule has 1 amide bonds. The fourth-order valence-electron chi connectivity index (χ4n) is 1.52. The number of hydrogen-bond acceptors (Lipinski definition) is 3. The summed E-state index contributed by atoms with van der Waals surface area (Å²) in [6.07, 6.45) is -2.10. The first kappa shape index (κ1) is 14.3. The highest BCUT2D eigenvalue weighted by molar-refractivity contribution is 6.29. The molecule has 1 heterocycles. The first-order valence-electron chi connectivity index (χ1n) is 5.33. The van der Waals surface area contributed by atoms with E-state index in [1.165, 1.54) is 18.7 Å². The smallest absolute Gasteiger partial charge is 0.325 e. The average molecular weight is 305 g/mol. The van der Waals surface area contributed by atoms with Crippen LogP contribution in [0.4, 0.5) is 18.9 Å². The van der Waals surface area contributed by atoms with Crippen LogP contribution < -0.4 is 5.32 Å². The van der Waals surface area contributed by atoms with Crippen molar-refractivity contribution in [2.45, 2.75) is 6.18 Å². The second-order valence-electron chi connectivity index (χ2n) is 3.79. The standard InChI is InChI=1S/C11H8ClF3N4O/c12-4-10(20)18-8-1-7(11(13,14)15)2-9(3-8)19-6-16-5-17-19/h1-3,5-6H,4H2,(H,18,20). The van der Waals surface area contributed by atoms with Gasteiger partial charge in [-0.3, -0.25) is 4.79 Å². The molecular formula is C11H8ClF3N4O. The maximum Gasteiger partial charge on any atom is 0.416 e. The Morgan fingerprint density at radius 2 is 2.10 bits per heavy atom. The quantitative estimate of drug-likeness (QED) is 0.886. The molecule has 5 nitrogen and oxygen atoms in total. The SMILES string of the molecule is O=C(CCl)Nc1cc(-n2cncn2)cc(C(F)(F)F)c1. The van der Waals surface area contributed by atoms with Crippen molar-refractivity contribution in [3.8, 4) is 5.69 Å². The van der Waals surface area contributed by atoms with E-state index in [0.717, 1.165) is 16.8 Å². The van der Waals surface area contributed by atoms with Crippen LogP contribution in [0.2, 0.25) is 0 Å². The van der Waals surface area contributed by atoms with Crippen molar-refractivity contribution < 1.29 is 18.0 Å². The number of aromatic nitrogens is 3. The maximum absolute atomic E-state index is 12.8. The molecule has 20 heavy (non-hydrogen) atoms. The molecule has 0 saturated carbocycles. The summed E-state index contributed by atoms with van der Waals surface area (Å²) in [6, 6.07) is 3.07. The molecule has 0 radical (unpaired) electrons. The summed E-state index contributed by atoms with van der Waals surface area (Å²) >= 11 is 5.31. The number of carbonyl (C=O) groups is 1. The van der Waals surface area contributed by atoms with Crippen LogP contribution >= 0.6 is 11.6 Å². The van der Waals surface area contributed by atoms with E-state index in [9.17, 15) is 18.0 Å². The van der Waals surface area contributed by atoms with Gasteiger partial charge in [0.05, 0.1) is 11.3 Å². The minimum Gasteiger partial charge on any atom is -0.325 e. The highest BCUT2D eigenvalue weighted by Crippen LogP contribution is 2.32. The summed E-state index contributed by atoms with van der Waals surface area (Å²) in [6.45, 7) is 0. The monoisotopic (exact) mass is 304 g/mol. The molecule has 2 aromatic rings. The van der Waals surface area contributed by atoms with Gasteiger partial charge < -0.3 is 5.32 Å². The van der Waals surface area contributed by atoms with Gasteiger partial charge in [0.1, 0.15) is 18.5 Å². The molecule has 0 saturated heterocycles. The molecule has 1 aromatic heterocycles. The number of amides is 1. The molecule has 0 fully saturated rings. The Labute approximate surface area is 116 Å². The van der Waals surface area contributed by atoms with Crippen LogP contribution in [0.15, 0.2) is 30.9 Å². The Morgan fingerprint density at radius 3 is 2.65 bits per heavy atom. The van der Waals surface area contributed by atoms with Gasteiger partial charge in [-0.15, -0.1) is 11.6 Å². The van der Waals surface area contributed by atoms with E-state index in [-0.39, 0.29) is 17.3 Å². The number of nitrogens with zero attached hydrogens (tertiary/aromatic N) is 3. The predicted molar refractivity (Wildman–Crippen MR) is 65.7 cm³/mol. The molecule has 0 bridgehead atoms. The molecule has 0 aliphatic carbocycles. The van der Waals surface area contributed by atoms with E-state index >= 15 is 0 Å². The molecular weight excluding hydrogens is 297 g/mol. The summed E-state index contributed by atoms with van der Waals surface area (Å²) in [5, 5.41) is 6.02. The average Bonchev–Trinajstić information content (AvgIpc) is 2.91. The van der Waals surface area contributed by atoms with Crippen LogP contribution in [0.25, 0.3) is 5.69 Å². The van der Waals surface area contributed by atoms with Gasteiger partial charge in [0.15, 0.2) is 0 Å². The lowest BCUT2D eigenvalue weighted by atomic mass is 10.1. The van der Waals surface area contributed by atoms with Crippen LogP contribution in [-0.4, -0.2) is 26.6 Å². The third-order valence-electron chi connectivity index (χ3n) is 2.33. The predicted octanol–water partition coefficient (Wildman–Crippen LogP) is 2.46. The van der Waals surface area contributed by atoms with Crippen molar-refractivity contribution in [1.82, 2.24) is 14.8 Å². The van der Waals surface area contributed by atoms with E-state index in [2.05, 4.69) is 15.4 Å². The number of hydrogen-bond donors (Lipinski definition) is 1. The third kappa shape index (κ3) is 3.27.